The summed E-state index contributed by atoms with van der Waals surface area (Å²) in [7, 11) is 0. The molecule has 4 rings (SSSR count). The Bertz CT molecular complexity index is 698. The van der Waals surface area contributed by atoms with Crippen LogP contribution in [0.25, 0.3) is 0 Å². The van der Waals surface area contributed by atoms with Crippen LogP contribution in [-0.4, -0.2) is 47.5 Å². The summed E-state index contributed by atoms with van der Waals surface area (Å²) < 4.78 is 0. The molecule has 2 aliphatic heterocycles. The van der Waals surface area contributed by atoms with E-state index in [1.54, 1.807) is 0 Å². The predicted octanol–water partition coefficient (Wildman–Crippen LogP) is 3.34. The number of aliphatic hydroxyl groups is 2. The maximum absolute atomic E-state index is 12.0. The zero-order chi connectivity index (χ0) is 20.1. The van der Waals surface area contributed by atoms with Crippen molar-refractivity contribution in [2.45, 2.75) is 43.9 Å². The van der Waals surface area contributed by atoms with Gasteiger partial charge in [0, 0.05) is 13.1 Å². The van der Waals surface area contributed by atoms with Crippen molar-refractivity contribution in [3.8, 4) is 0 Å². The first-order valence-electron chi connectivity index (χ1n) is 11.1. The van der Waals surface area contributed by atoms with Gasteiger partial charge in [0.1, 0.15) is 11.8 Å². The molecule has 0 spiro atoms. The van der Waals surface area contributed by atoms with E-state index in [-0.39, 0.29) is 12.1 Å². The molecular formula is C25H34N2O2. The van der Waals surface area contributed by atoms with E-state index in [4.69, 9.17) is 0 Å². The van der Waals surface area contributed by atoms with Crippen molar-refractivity contribution in [2.24, 2.45) is 11.8 Å². The van der Waals surface area contributed by atoms with Crippen molar-refractivity contribution in [2.75, 3.05) is 26.2 Å². The van der Waals surface area contributed by atoms with E-state index in [1.165, 1.54) is 0 Å². The summed E-state index contributed by atoms with van der Waals surface area (Å²) in [4.78, 5) is 2.22. The monoisotopic (exact) mass is 394 g/mol. The second-order valence-corrected chi connectivity index (χ2v) is 8.72. The number of benzene rings is 2. The lowest BCUT2D eigenvalue weighted by molar-refractivity contribution is -0.0663. The number of piperidine rings is 2. The van der Waals surface area contributed by atoms with E-state index in [2.05, 4.69) is 10.2 Å². The molecule has 29 heavy (non-hydrogen) atoms. The lowest BCUT2D eigenvalue weighted by Gasteiger charge is -2.43. The smallest absolute Gasteiger partial charge is 0.117 e. The molecule has 0 radical (unpaired) electrons. The molecule has 2 heterocycles. The number of nitrogens with zero attached hydrogens (tertiary/aromatic N) is 1. The van der Waals surface area contributed by atoms with Crippen LogP contribution in [0, 0.1) is 11.8 Å². The van der Waals surface area contributed by atoms with E-state index < -0.39 is 5.60 Å². The molecule has 0 amide bonds. The highest BCUT2D eigenvalue weighted by Gasteiger charge is 2.42. The second kappa shape index (κ2) is 9.40. The van der Waals surface area contributed by atoms with Gasteiger partial charge in [-0.1, -0.05) is 60.7 Å². The number of aliphatic hydroxyl groups excluding tert-OH is 1. The van der Waals surface area contributed by atoms with Crippen LogP contribution >= 0.6 is 0 Å². The molecule has 2 saturated heterocycles. The third-order valence-corrected chi connectivity index (χ3v) is 6.97. The van der Waals surface area contributed by atoms with E-state index >= 15 is 0 Å². The van der Waals surface area contributed by atoms with Crippen LogP contribution in [0.1, 0.15) is 43.2 Å². The average Bonchev–Trinajstić information content (AvgIpc) is 2.80. The Kier molecular flexibility index (Phi) is 6.66. The van der Waals surface area contributed by atoms with Crippen LogP contribution in [0.5, 0.6) is 0 Å². The fraction of sp³-hybridized carbons (Fsp3) is 0.520. The maximum Gasteiger partial charge on any atom is 0.117 e. The summed E-state index contributed by atoms with van der Waals surface area (Å²) in [5.74, 6) is 0.754. The predicted molar refractivity (Wildman–Crippen MR) is 116 cm³/mol. The third kappa shape index (κ3) is 4.56. The Labute approximate surface area is 174 Å². The molecule has 0 aliphatic carbocycles. The van der Waals surface area contributed by atoms with Crippen molar-refractivity contribution in [1.29, 1.82) is 0 Å². The van der Waals surface area contributed by atoms with Gasteiger partial charge in [0.05, 0.1) is 0 Å². The van der Waals surface area contributed by atoms with Crippen LogP contribution in [0.3, 0.4) is 0 Å². The molecule has 2 aromatic carbocycles. The number of hydrogen-bond donors (Lipinski definition) is 3. The molecule has 2 aromatic rings. The first kappa shape index (κ1) is 20.5. The van der Waals surface area contributed by atoms with E-state index in [9.17, 15) is 10.2 Å². The van der Waals surface area contributed by atoms with Crippen molar-refractivity contribution in [3.63, 3.8) is 0 Å². The van der Waals surface area contributed by atoms with Crippen LogP contribution in [0.4, 0.5) is 0 Å². The van der Waals surface area contributed by atoms with E-state index in [0.29, 0.717) is 5.92 Å². The van der Waals surface area contributed by atoms with Gasteiger partial charge in [-0.3, -0.25) is 4.90 Å². The highest BCUT2D eigenvalue weighted by Crippen LogP contribution is 2.42. The standard InChI is InChI=1S/C25H34N2O2/c28-24(19-20-11-15-26-16-12-20)27-17-13-23(14-18-27)25(29,21-7-3-1-4-8-21)22-9-5-2-6-10-22/h1-10,20,23-24,26,28-29H,11-19H2. The molecule has 4 nitrogen and oxygen atoms in total. The quantitative estimate of drug-likeness (QED) is 0.703. The highest BCUT2D eigenvalue weighted by molar-refractivity contribution is 5.37. The first-order valence-corrected chi connectivity index (χ1v) is 11.1. The van der Waals surface area contributed by atoms with Crippen molar-refractivity contribution in [3.05, 3.63) is 71.8 Å². The topological polar surface area (TPSA) is 55.7 Å². The summed E-state index contributed by atoms with van der Waals surface area (Å²) in [6, 6.07) is 20.1. The van der Waals surface area contributed by atoms with Gasteiger partial charge in [-0.15, -0.1) is 0 Å². The minimum Gasteiger partial charge on any atom is -0.380 e. The molecule has 1 unspecified atom stereocenters. The zero-order valence-corrected chi connectivity index (χ0v) is 17.2. The van der Waals surface area contributed by atoms with Gasteiger partial charge in [-0.05, 0) is 68.2 Å². The van der Waals surface area contributed by atoms with Gasteiger partial charge in [0.25, 0.3) is 0 Å². The fourth-order valence-corrected chi connectivity index (χ4v) is 5.20. The lowest BCUT2D eigenvalue weighted by Crippen LogP contribution is -2.48. The summed E-state index contributed by atoms with van der Waals surface area (Å²) in [6.45, 7) is 3.80. The normalized spacial score (nSPS) is 21.2. The molecule has 1 atom stereocenters. The van der Waals surface area contributed by atoms with Gasteiger partial charge >= 0.3 is 0 Å². The maximum atomic E-state index is 12.0. The fourth-order valence-electron chi connectivity index (χ4n) is 5.20. The lowest BCUT2D eigenvalue weighted by atomic mass is 9.72. The van der Waals surface area contributed by atoms with E-state index in [1.807, 2.05) is 60.7 Å². The van der Waals surface area contributed by atoms with Crippen LogP contribution in [0.2, 0.25) is 0 Å². The largest absolute Gasteiger partial charge is 0.380 e. The van der Waals surface area contributed by atoms with Gasteiger partial charge in [0.2, 0.25) is 0 Å². The molecule has 2 fully saturated rings. The Balaban J connectivity index is 1.46. The highest BCUT2D eigenvalue weighted by atomic mass is 16.3. The van der Waals surface area contributed by atoms with Crippen LogP contribution < -0.4 is 5.32 Å². The number of likely N-dealkylation sites (tertiary alicyclic amines) is 1. The molecule has 3 N–H and O–H groups in total. The molecule has 0 bridgehead atoms. The average molecular weight is 395 g/mol. The first-order chi connectivity index (χ1) is 14.2. The van der Waals surface area contributed by atoms with Gasteiger partial charge in [-0.25, -0.2) is 0 Å². The number of nitrogens with one attached hydrogen (secondary N) is 1. The van der Waals surface area contributed by atoms with Crippen LogP contribution in [-0.2, 0) is 5.60 Å². The Hall–Kier alpha value is -1.72. The second-order valence-electron chi connectivity index (χ2n) is 8.72. The molecule has 2 aliphatic rings. The Morgan fingerprint density at radius 1 is 0.862 bits per heavy atom. The number of rotatable bonds is 6. The Morgan fingerprint density at radius 2 is 1.38 bits per heavy atom. The van der Waals surface area contributed by atoms with Gasteiger partial charge < -0.3 is 15.5 Å². The Morgan fingerprint density at radius 3 is 1.90 bits per heavy atom. The SMILES string of the molecule is OC(CC1CCNCC1)N1CCC(C(O)(c2ccccc2)c2ccccc2)CC1. The van der Waals surface area contributed by atoms with Crippen LogP contribution in [0.15, 0.2) is 60.7 Å². The van der Waals surface area contributed by atoms with Crippen molar-refractivity contribution in [1.82, 2.24) is 10.2 Å². The minimum atomic E-state index is -0.991. The summed E-state index contributed by atoms with van der Waals surface area (Å²) in [5.41, 5.74) is 0.925. The van der Waals surface area contributed by atoms with Crippen molar-refractivity contribution < 1.29 is 10.2 Å². The molecule has 0 saturated carbocycles. The molecule has 156 valence electrons. The summed E-state index contributed by atoms with van der Waals surface area (Å²) >= 11 is 0. The van der Waals surface area contributed by atoms with Crippen molar-refractivity contribution >= 4 is 0 Å². The molecular weight excluding hydrogens is 360 g/mol. The summed E-state index contributed by atoms with van der Waals surface area (Å²) in [6.07, 6.45) is 4.59. The summed E-state index contributed by atoms with van der Waals surface area (Å²) in [5, 5.41) is 26.2. The van der Waals surface area contributed by atoms with Gasteiger partial charge in [-0.2, -0.15) is 0 Å². The van der Waals surface area contributed by atoms with E-state index in [0.717, 1.165) is 69.4 Å². The molecule has 4 heteroatoms. The molecule has 0 aromatic heterocycles. The zero-order valence-electron chi connectivity index (χ0n) is 17.2. The van der Waals surface area contributed by atoms with Gasteiger partial charge in [0.15, 0.2) is 0 Å². The minimum absolute atomic E-state index is 0.134. The third-order valence-electron chi connectivity index (χ3n) is 6.97. The number of hydrogen-bond acceptors (Lipinski definition) is 4.